The standard InChI is InChI=1S/C34H32FNO7/c35-28-13-11-24(12-14-28)26-18-27(34(41)36-21-23-6-2-1-3-7-23)20-29(19-26)43-22-25-8-4-9-31(30(25)15-16-33(39)40)42-17-5-10-32(37)38/h1-4,6-9,11-14,18-20H,5,10,15-17,21-22H2,(H,36,41)(H,37,38)(H,39,40). The van der Waals surface area contributed by atoms with Gasteiger partial charge in [0.2, 0.25) is 0 Å². The highest BCUT2D eigenvalue weighted by molar-refractivity contribution is 5.96. The molecule has 0 saturated heterocycles. The van der Waals surface area contributed by atoms with Gasteiger partial charge in [-0.25, -0.2) is 4.39 Å². The molecule has 0 bridgehead atoms. The maximum absolute atomic E-state index is 13.6. The van der Waals surface area contributed by atoms with Gasteiger partial charge in [0.25, 0.3) is 5.91 Å². The molecular weight excluding hydrogens is 553 g/mol. The third-order valence-electron chi connectivity index (χ3n) is 6.65. The van der Waals surface area contributed by atoms with Gasteiger partial charge in [-0.1, -0.05) is 54.6 Å². The van der Waals surface area contributed by atoms with Crippen molar-refractivity contribution in [2.45, 2.75) is 38.8 Å². The maximum Gasteiger partial charge on any atom is 0.303 e. The van der Waals surface area contributed by atoms with E-state index in [9.17, 15) is 23.9 Å². The van der Waals surface area contributed by atoms with Crippen LogP contribution in [0.5, 0.6) is 11.5 Å². The smallest absolute Gasteiger partial charge is 0.303 e. The summed E-state index contributed by atoms with van der Waals surface area (Å²) in [5.74, 6) is -1.72. The fraction of sp³-hybridized carbons (Fsp3) is 0.206. The predicted octanol–water partition coefficient (Wildman–Crippen LogP) is 6.26. The van der Waals surface area contributed by atoms with Gasteiger partial charge in [0, 0.05) is 30.5 Å². The lowest BCUT2D eigenvalue weighted by atomic mass is 10.0. The van der Waals surface area contributed by atoms with E-state index in [1.165, 1.54) is 12.1 Å². The monoisotopic (exact) mass is 585 g/mol. The summed E-state index contributed by atoms with van der Waals surface area (Å²) in [5.41, 5.74) is 4.00. The van der Waals surface area contributed by atoms with Crippen LogP contribution in [0.3, 0.4) is 0 Å². The molecule has 222 valence electrons. The van der Waals surface area contributed by atoms with E-state index in [1.54, 1.807) is 48.5 Å². The van der Waals surface area contributed by atoms with E-state index >= 15 is 0 Å². The molecule has 9 heteroatoms. The number of carboxylic acid groups (broad SMARTS) is 2. The zero-order valence-electron chi connectivity index (χ0n) is 23.4. The number of carboxylic acids is 2. The lowest BCUT2D eigenvalue weighted by molar-refractivity contribution is -0.138. The third-order valence-corrected chi connectivity index (χ3v) is 6.65. The maximum atomic E-state index is 13.6. The van der Waals surface area contributed by atoms with Crippen LogP contribution in [-0.2, 0) is 29.2 Å². The molecule has 0 aliphatic heterocycles. The number of aliphatic carboxylic acids is 2. The van der Waals surface area contributed by atoms with E-state index in [-0.39, 0.29) is 44.2 Å². The second kappa shape index (κ2) is 15.2. The molecule has 4 aromatic carbocycles. The topological polar surface area (TPSA) is 122 Å². The number of halogens is 1. The molecule has 0 aromatic heterocycles. The van der Waals surface area contributed by atoms with Gasteiger partial charge in [-0.2, -0.15) is 0 Å². The Labute approximate surface area is 248 Å². The molecule has 0 aliphatic carbocycles. The molecule has 0 heterocycles. The summed E-state index contributed by atoms with van der Waals surface area (Å²) in [4.78, 5) is 35.4. The Morgan fingerprint density at radius 3 is 2.23 bits per heavy atom. The van der Waals surface area contributed by atoms with Crippen molar-refractivity contribution in [2.24, 2.45) is 0 Å². The van der Waals surface area contributed by atoms with Crippen molar-refractivity contribution in [3.05, 3.63) is 119 Å². The summed E-state index contributed by atoms with van der Waals surface area (Å²) in [7, 11) is 0. The molecule has 0 aliphatic rings. The number of carbonyl (C=O) groups is 3. The molecule has 3 N–H and O–H groups in total. The molecule has 1 amide bonds. The van der Waals surface area contributed by atoms with Crippen molar-refractivity contribution in [1.29, 1.82) is 0 Å². The summed E-state index contributed by atoms with van der Waals surface area (Å²) in [6.07, 6.45) is 0.318. The highest BCUT2D eigenvalue weighted by Crippen LogP contribution is 2.29. The van der Waals surface area contributed by atoms with Crippen LogP contribution >= 0.6 is 0 Å². The van der Waals surface area contributed by atoms with E-state index in [1.807, 2.05) is 30.3 Å². The van der Waals surface area contributed by atoms with Crippen LogP contribution < -0.4 is 14.8 Å². The highest BCUT2D eigenvalue weighted by Gasteiger charge is 2.15. The van der Waals surface area contributed by atoms with Crippen molar-refractivity contribution in [1.82, 2.24) is 5.32 Å². The molecule has 0 atom stereocenters. The van der Waals surface area contributed by atoms with Crippen molar-refractivity contribution in [3.8, 4) is 22.6 Å². The highest BCUT2D eigenvalue weighted by atomic mass is 19.1. The number of rotatable bonds is 15. The van der Waals surface area contributed by atoms with E-state index in [0.717, 1.165) is 5.56 Å². The van der Waals surface area contributed by atoms with Gasteiger partial charge in [0.15, 0.2) is 0 Å². The van der Waals surface area contributed by atoms with Crippen LogP contribution in [0.25, 0.3) is 11.1 Å². The van der Waals surface area contributed by atoms with E-state index < -0.39 is 11.9 Å². The van der Waals surface area contributed by atoms with Crippen molar-refractivity contribution in [3.63, 3.8) is 0 Å². The average molecular weight is 586 g/mol. The minimum absolute atomic E-state index is 0.0427. The van der Waals surface area contributed by atoms with Crippen molar-refractivity contribution < 1.29 is 38.5 Å². The Balaban J connectivity index is 1.58. The first-order chi connectivity index (χ1) is 20.8. The van der Waals surface area contributed by atoms with Crippen LogP contribution in [0.1, 0.15) is 46.3 Å². The molecule has 0 unspecified atom stereocenters. The normalized spacial score (nSPS) is 10.6. The zero-order chi connectivity index (χ0) is 30.6. The lowest BCUT2D eigenvalue weighted by Gasteiger charge is -2.17. The molecule has 43 heavy (non-hydrogen) atoms. The van der Waals surface area contributed by atoms with Crippen molar-refractivity contribution >= 4 is 17.8 Å². The first-order valence-electron chi connectivity index (χ1n) is 13.8. The largest absolute Gasteiger partial charge is 0.493 e. The van der Waals surface area contributed by atoms with Crippen LogP contribution in [0, 0.1) is 5.82 Å². The molecule has 0 radical (unpaired) electrons. The molecule has 4 rings (SSSR count). The summed E-state index contributed by atoms with van der Waals surface area (Å²) in [5, 5.41) is 21.1. The molecule has 0 saturated carbocycles. The van der Waals surface area contributed by atoms with Crippen LogP contribution in [0.4, 0.5) is 4.39 Å². The Hall–Kier alpha value is -5.18. The SMILES string of the molecule is O=C(O)CCCOc1cccc(COc2cc(C(=O)NCc3ccccc3)cc(-c3ccc(F)cc3)c2)c1CCC(=O)O. The quantitative estimate of drug-likeness (QED) is 0.141. The number of hydrogen-bond donors (Lipinski definition) is 3. The fourth-order valence-electron chi connectivity index (χ4n) is 4.47. The Bertz CT molecular complexity index is 1560. The number of hydrogen-bond acceptors (Lipinski definition) is 5. The number of nitrogens with one attached hydrogen (secondary N) is 1. The van der Waals surface area contributed by atoms with Gasteiger partial charge in [0.05, 0.1) is 6.61 Å². The second-order valence-electron chi connectivity index (χ2n) is 9.84. The fourth-order valence-corrected chi connectivity index (χ4v) is 4.47. The van der Waals surface area contributed by atoms with Gasteiger partial charge >= 0.3 is 11.9 Å². The molecular formula is C34H32FNO7. The molecule has 4 aromatic rings. The van der Waals surface area contributed by atoms with Gasteiger partial charge in [0.1, 0.15) is 23.9 Å². The van der Waals surface area contributed by atoms with Gasteiger partial charge in [-0.3, -0.25) is 14.4 Å². The van der Waals surface area contributed by atoms with Crippen LogP contribution in [0.15, 0.2) is 91.0 Å². The third kappa shape index (κ3) is 9.43. The van der Waals surface area contributed by atoms with Gasteiger partial charge in [-0.05, 0) is 71.5 Å². The van der Waals surface area contributed by atoms with E-state index in [0.29, 0.717) is 52.3 Å². The Morgan fingerprint density at radius 2 is 1.51 bits per heavy atom. The van der Waals surface area contributed by atoms with Gasteiger partial charge < -0.3 is 25.0 Å². The first-order valence-corrected chi connectivity index (χ1v) is 13.8. The Kier molecular flexibility index (Phi) is 10.9. The lowest BCUT2D eigenvalue weighted by Crippen LogP contribution is -2.22. The molecule has 0 fully saturated rings. The summed E-state index contributed by atoms with van der Waals surface area (Å²) in [6.45, 7) is 0.555. The van der Waals surface area contributed by atoms with E-state index in [4.69, 9.17) is 14.6 Å². The number of benzene rings is 4. The summed E-state index contributed by atoms with van der Waals surface area (Å²) >= 11 is 0. The average Bonchev–Trinajstić information content (AvgIpc) is 3.00. The van der Waals surface area contributed by atoms with Crippen LogP contribution in [-0.4, -0.2) is 34.7 Å². The predicted molar refractivity (Wildman–Crippen MR) is 159 cm³/mol. The van der Waals surface area contributed by atoms with E-state index in [2.05, 4.69) is 5.32 Å². The molecule has 8 nitrogen and oxygen atoms in total. The minimum Gasteiger partial charge on any atom is -0.493 e. The van der Waals surface area contributed by atoms with Crippen LogP contribution in [0.2, 0.25) is 0 Å². The summed E-state index contributed by atoms with van der Waals surface area (Å²) < 4.78 is 25.6. The zero-order valence-corrected chi connectivity index (χ0v) is 23.4. The van der Waals surface area contributed by atoms with Crippen molar-refractivity contribution in [2.75, 3.05) is 6.61 Å². The minimum atomic E-state index is -0.967. The van der Waals surface area contributed by atoms with Gasteiger partial charge in [-0.15, -0.1) is 0 Å². The Morgan fingerprint density at radius 1 is 0.767 bits per heavy atom. The summed E-state index contributed by atoms with van der Waals surface area (Å²) in [6, 6.07) is 25.8. The first kappa shape index (κ1) is 30.8. The number of carbonyl (C=O) groups excluding carboxylic acids is 1. The second-order valence-corrected chi connectivity index (χ2v) is 9.84. The number of amides is 1. The number of ether oxygens (including phenoxy) is 2. The molecule has 0 spiro atoms.